The van der Waals surface area contributed by atoms with E-state index in [9.17, 15) is 9.59 Å². The lowest BCUT2D eigenvalue weighted by molar-refractivity contribution is -0.131. The standard InChI is InChI=1S/C15H21NO4S/c1-11(2)5-8-20-9-7-16-15(19)14-12(6-10-21-14)3-4-13(17)18/h3-4,6,10-11H,5,7-9H2,1-2H3,(H,16,19)(H,17,18). The van der Waals surface area contributed by atoms with E-state index in [0.29, 0.717) is 36.1 Å². The van der Waals surface area contributed by atoms with Crippen molar-refractivity contribution in [2.24, 2.45) is 5.92 Å². The fraction of sp³-hybridized carbons (Fsp3) is 0.467. The molecular weight excluding hydrogens is 290 g/mol. The van der Waals surface area contributed by atoms with E-state index >= 15 is 0 Å². The maximum Gasteiger partial charge on any atom is 0.328 e. The van der Waals surface area contributed by atoms with Crippen molar-refractivity contribution in [1.82, 2.24) is 5.32 Å². The van der Waals surface area contributed by atoms with E-state index in [0.717, 1.165) is 12.5 Å². The van der Waals surface area contributed by atoms with Crippen LogP contribution in [0, 0.1) is 5.92 Å². The van der Waals surface area contributed by atoms with Crippen molar-refractivity contribution in [3.63, 3.8) is 0 Å². The van der Waals surface area contributed by atoms with Crippen molar-refractivity contribution in [2.75, 3.05) is 19.8 Å². The molecule has 6 heteroatoms. The SMILES string of the molecule is CC(C)CCOCCNC(=O)c1sccc1C=CC(=O)O. The lowest BCUT2D eigenvalue weighted by atomic mass is 10.1. The second-order valence-electron chi connectivity index (χ2n) is 4.93. The van der Waals surface area contributed by atoms with Crippen molar-refractivity contribution < 1.29 is 19.4 Å². The van der Waals surface area contributed by atoms with Crippen LogP contribution >= 0.6 is 11.3 Å². The highest BCUT2D eigenvalue weighted by Crippen LogP contribution is 2.18. The molecule has 0 aliphatic carbocycles. The van der Waals surface area contributed by atoms with Gasteiger partial charge in [0.15, 0.2) is 0 Å². The van der Waals surface area contributed by atoms with Crippen molar-refractivity contribution in [1.29, 1.82) is 0 Å². The predicted molar refractivity (Wildman–Crippen MR) is 83.6 cm³/mol. The van der Waals surface area contributed by atoms with Gasteiger partial charge in [-0.25, -0.2) is 4.79 Å². The second-order valence-corrected chi connectivity index (χ2v) is 5.84. The normalized spacial score (nSPS) is 11.2. The Morgan fingerprint density at radius 1 is 1.43 bits per heavy atom. The number of carbonyl (C=O) groups excluding carboxylic acids is 1. The molecule has 0 spiro atoms. The van der Waals surface area contributed by atoms with Crippen LogP contribution in [0.1, 0.15) is 35.5 Å². The molecule has 0 aromatic carbocycles. The number of aliphatic carboxylic acids is 1. The molecule has 0 saturated heterocycles. The van der Waals surface area contributed by atoms with Gasteiger partial charge in [0, 0.05) is 19.2 Å². The van der Waals surface area contributed by atoms with E-state index in [-0.39, 0.29) is 5.91 Å². The van der Waals surface area contributed by atoms with E-state index in [4.69, 9.17) is 9.84 Å². The number of hydrogen-bond acceptors (Lipinski definition) is 4. The Kier molecular flexibility index (Phi) is 7.71. The summed E-state index contributed by atoms with van der Waals surface area (Å²) in [5.41, 5.74) is 0.612. The summed E-state index contributed by atoms with van der Waals surface area (Å²) < 4.78 is 5.42. The second kappa shape index (κ2) is 9.31. The Bertz CT molecular complexity index is 494. The molecule has 2 N–H and O–H groups in total. The van der Waals surface area contributed by atoms with Crippen molar-refractivity contribution >= 4 is 29.3 Å². The summed E-state index contributed by atoms with van der Waals surface area (Å²) >= 11 is 1.28. The van der Waals surface area contributed by atoms with Crippen LogP contribution in [0.25, 0.3) is 6.08 Å². The molecule has 0 atom stereocenters. The van der Waals surface area contributed by atoms with Crippen LogP contribution in [0.4, 0.5) is 0 Å². The summed E-state index contributed by atoms with van der Waals surface area (Å²) in [5.74, 6) is -0.636. The van der Waals surface area contributed by atoms with Crippen LogP contribution in [0.15, 0.2) is 17.5 Å². The summed E-state index contributed by atoms with van der Waals surface area (Å²) in [4.78, 5) is 23.0. The topological polar surface area (TPSA) is 75.6 Å². The van der Waals surface area contributed by atoms with Crippen LogP contribution in [-0.4, -0.2) is 36.7 Å². The van der Waals surface area contributed by atoms with Gasteiger partial charge in [-0.2, -0.15) is 0 Å². The Balaban J connectivity index is 2.36. The number of carboxylic acid groups (broad SMARTS) is 1. The minimum absolute atomic E-state index is 0.206. The number of ether oxygens (including phenoxy) is 1. The first-order chi connectivity index (χ1) is 10.0. The van der Waals surface area contributed by atoms with Gasteiger partial charge in [0.05, 0.1) is 11.5 Å². The van der Waals surface area contributed by atoms with Crippen LogP contribution in [0.3, 0.4) is 0 Å². The number of carboxylic acids is 1. The highest BCUT2D eigenvalue weighted by molar-refractivity contribution is 7.12. The van der Waals surface area contributed by atoms with Gasteiger partial charge >= 0.3 is 5.97 Å². The third-order valence-electron chi connectivity index (χ3n) is 2.68. The molecule has 5 nitrogen and oxygen atoms in total. The third kappa shape index (κ3) is 7.06. The van der Waals surface area contributed by atoms with Crippen molar-refractivity contribution in [3.05, 3.63) is 28.0 Å². The van der Waals surface area contributed by atoms with Crippen LogP contribution in [-0.2, 0) is 9.53 Å². The maximum absolute atomic E-state index is 12.0. The minimum atomic E-state index is -1.04. The molecule has 1 aromatic heterocycles. The Hall–Kier alpha value is -1.66. The zero-order valence-corrected chi connectivity index (χ0v) is 13.1. The van der Waals surface area contributed by atoms with E-state index in [2.05, 4.69) is 19.2 Å². The lowest BCUT2D eigenvalue weighted by Crippen LogP contribution is -2.27. The average molecular weight is 311 g/mol. The number of nitrogens with one attached hydrogen (secondary N) is 1. The summed E-state index contributed by atoms with van der Waals surface area (Å²) in [5, 5.41) is 13.1. The lowest BCUT2D eigenvalue weighted by Gasteiger charge is -2.07. The number of carbonyl (C=O) groups is 2. The molecule has 1 amide bonds. The molecule has 0 bridgehead atoms. The Morgan fingerprint density at radius 2 is 2.19 bits per heavy atom. The fourth-order valence-corrected chi connectivity index (χ4v) is 2.34. The molecule has 0 saturated carbocycles. The zero-order valence-electron chi connectivity index (χ0n) is 12.3. The summed E-state index contributed by atoms with van der Waals surface area (Å²) in [6, 6.07) is 1.72. The first-order valence-corrected chi connectivity index (χ1v) is 7.73. The molecule has 1 rings (SSSR count). The average Bonchev–Trinajstić information content (AvgIpc) is 2.88. The molecule has 21 heavy (non-hydrogen) atoms. The molecule has 0 unspecified atom stereocenters. The Morgan fingerprint density at radius 3 is 2.86 bits per heavy atom. The quantitative estimate of drug-likeness (QED) is 0.543. The highest BCUT2D eigenvalue weighted by atomic mass is 32.1. The molecular formula is C15H21NO4S. The zero-order chi connectivity index (χ0) is 15.7. The molecule has 1 aromatic rings. The van der Waals surface area contributed by atoms with Crippen LogP contribution in [0.5, 0.6) is 0 Å². The van der Waals surface area contributed by atoms with E-state index in [1.54, 1.807) is 11.4 Å². The molecule has 0 fully saturated rings. The highest BCUT2D eigenvalue weighted by Gasteiger charge is 2.11. The van der Waals surface area contributed by atoms with Gasteiger partial charge in [-0.1, -0.05) is 13.8 Å². The number of thiophene rings is 1. The van der Waals surface area contributed by atoms with Gasteiger partial charge in [-0.3, -0.25) is 4.79 Å². The van der Waals surface area contributed by atoms with Gasteiger partial charge in [0.1, 0.15) is 0 Å². The fourth-order valence-electron chi connectivity index (χ4n) is 1.53. The van der Waals surface area contributed by atoms with E-state index in [1.165, 1.54) is 17.4 Å². The molecule has 116 valence electrons. The van der Waals surface area contributed by atoms with E-state index in [1.807, 2.05) is 0 Å². The predicted octanol–water partition coefficient (Wildman–Crippen LogP) is 2.64. The third-order valence-corrected chi connectivity index (χ3v) is 3.61. The number of rotatable bonds is 9. The van der Waals surface area contributed by atoms with E-state index < -0.39 is 5.97 Å². The monoisotopic (exact) mass is 311 g/mol. The summed E-state index contributed by atoms with van der Waals surface area (Å²) in [6.45, 7) is 5.88. The maximum atomic E-state index is 12.0. The Labute approximate surface area is 128 Å². The van der Waals surface area contributed by atoms with Crippen molar-refractivity contribution in [3.8, 4) is 0 Å². The summed E-state index contributed by atoms with van der Waals surface area (Å²) in [6.07, 6.45) is 3.45. The van der Waals surface area contributed by atoms with Gasteiger partial charge in [-0.05, 0) is 35.4 Å². The van der Waals surface area contributed by atoms with Gasteiger partial charge in [0.2, 0.25) is 0 Å². The smallest absolute Gasteiger partial charge is 0.328 e. The van der Waals surface area contributed by atoms with Crippen LogP contribution in [0.2, 0.25) is 0 Å². The van der Waals surface area contributed by atoms with Gasteiger partial charge in [0.25, 0.3) is 5.91 Å². The molecule has 1 heterocycles. The molecule has 0 aliphatic heterocycles. The number of amides is 1. The minimum Gasteiger partial charge on any atom is -0.478 e. The first-order valence-electron chi connectivity index (χ1n) is 6.85. The van der Waals surface area contributed by atoms with Crippen molar-refractivity contribution in [2.45, 2.75) is 20.3 Å². The van der Waals surface area contributed by atoms with Gasteiger partial charge < -0.3 is 15.2 Å². The molecule has 0 radical (unpaired) electrons. The van der Waals surface area contributed by atoms with Crippen LogP contribution < -0.4 is 5.32 Å². The van der Waals surface area contributed by atoms with Gasteiger partial charge in [-0.15, -0.1) is 11.3 Å². The molecule has 0 aliphatic rings. The summed E-state index contributed by atoms with van der Waals surface area (Å²) in [7, 11) is 0. The number of hydrogen-bond donors (Lipinski definition) is 2. The first kappa shape index (κ1) is 17.4. The largest absolute Gasteiger partial charge is 0.478 e.